The lowest BCUT2D eigenvalue weighted by molar-refractivity contribution is -0.121. The van der Waals surface area contributed by atoms with Crippen molar-refractivity contribution in [3.63, 3.8) is 0 Å². The highest BCUT2D eigenvalue weighted by Gasteiger charge is 2.06. The highest BCUT2D eigenvalue weighted by atomic mass is 32.1. The largest absolute Gasteiger partial charge is 0.491 e. The maximum atomic E-state index is 11.8. The van der Waals surface area contributed by atoms with Gasteiger partial charge in [-0.1, -0.05) is 17.7 Å². The van der Waals surface area contributed by atoms with Gasteiger partial charge in [-0.3, -0.25) is 9.59 Å². The summed E-state index contributed by atoms with van der Waals surface area (Å²) >= 11 is 1.49. The first-order valence-electron chi connectivity index (χ1n) is 8.33. The quantitative estimate of drug-likeness (QED) is 0.676. The van der Waals surface area contributed by atoms with E-state index >= 15 is 0 Å². The minimum absolute atomic E-state index is 0.0333. The molecule has 2 aromatic rings. The molecule has 5 nitrogen and oxygen atoms in total. The molecule has 0 aliphatic heterocycles. The molecule has 134 valence electrons. The van der Waals surface area contributed by atoms with Crippen LogP contribution in [0, 0.1) is 13.8 Å². The fourth-order valence-corrected chi connectivity index (χ4v) is 2.98. The third-order valence-electron chi connectivity index (χ3n) is 3.66. The summed E-state index contributed by atoms with van der Waals surface area (Å²) in [6.07, 6.45) is 0.993. The SMILES string of the molecule is Cc1ccc(OCCNC(=O)CCCNC(=O)c2ccsc2)c(C)c1. The number of carbonyl (C=O) groups excluding carboxylic acids is 2. The van der Waals surface area contributed by atoms with Crippen molar-refractivity contribution in [2.75, 3.05) is 19.7 Å². The molecule has 2 N–H and O–H groups in total. The van der Waals surface area contributed by atoms with Gasteiger partial charge in [-0.25, -0.2) is 0 Å². The lowest BCUT2D eigenvalue weighted by Crippen LogP contribution is -2.29. The Bertz CT molecular complexity index is 699. The normalized spacial score (nSPS) is 10.3. The number of thiophene rings is 1. The van der Waals surface area contributed by atoms with E-state index in [2.05, 4.69) is 16.7 Å². The van der Waals surface area contributed by atoms with Crippen molar-refractivity contribution in [3.05, 3.63) is 51.7 Å². The van der Waals surface area contributed by atoms with Crippen LogP contribution in [0.2, 0.25) is 0 Å². The van der Waals surface area contributed by atoms with Crippen LogP contribution in [0.1, 0.15) is 34.3 Å². The van der Waals surface area contributed by atoms with Crippen molar-refractivity contribution in [1.29, 1.82) is 0 Å². The minimum Gasteiger partial charge on any atom is -0.491 e. The van der Waals surface area contributed by atoms with Crippen molar-refractivity contribution >= 4 is 23.2 Å². The molecule has 0 aliphatic carbocycles. The first-order chi connectivity index (χ1) is 12.1. The molecule has 0 bridgehead atoms. The zero-order chi connectivity index (χ0) is 18.1. The number of nitrogens with one attached hydrogen (secondary N) is 2. The Morgan fingerprint density at radius 1 is 1.12 bits per heavy atom. The molecule has 1 heterocycles. The summed E-state index contributed by atoms with van der Waals surface area (Å²) < 4.78 is 5.67. The Labute approximate surface area is 152 Å². The van der Waals surface area contributed by atoms with Crippen LogP contribution in [0.25, 0.3) is 0 Å². The summed E-state index contributed by atoms with van der Waals surface area (Å²) in [4.78, 5) is 23.5. The van der Waals surface area contributed by atoms with Crippen molar-refractivity contribution in [3.8, 4) is 5.75 Å². The number of benzene rings is 1. The van der Waals surface area contributed by atoms with E-state index in [0.717, 1.165) is 11.3 Å². The molecule has 0 fully saturated rings. The molecule has 2 rings (SSSR count). The topological polar surface area (TPSA) is 67.4 Å². The lowest BCUT2D eigenvalue weighted by Gasteiger charge is -2.10. The van der Waals surface area contributed by atoms with E-state index in [-0.39, 0.29) is 11.8 Å². The van der Waals surface area contributed by atoms with Gasteiger partial charge in [-0.15, -0.1) is 0 Å². The summed E-state index contributed by atoms with van der Waals surface area (Å²) in [6, 6.07) is 7.80. The molecule has 0 saturated heterocycles. The summed E-state index contributed by atoms with van der Waals surface area (Å²) in [5, 5.41) is 9.29. The predicted molar refractivity (Wildman–Crippen MR) is 100 cm³/mol. The molecular formula is C19H24N2O3S. The van der Waals surface area contributed by atoms with E-state index < -0.39 is 0 Å². The molecule has 2 amide bonds. The standard InChI is InChI=1S/C19H24N2O3S/c1-14-5-6-17(15(2)12-14)24-10-9-20-18(22)4-3-8-21-19(23)16-7-11-25-13-16/h5-7,11-13H,3-4,8-10H2,1-2H3,(H,20,22)(H,21,23). The Hall–Kier alpha value is -2.34. The van der Waals surface area contributed by atoms with Crippen LogP contribution in [0.3, 0.4) is 0 Å². The van der Waals surface area contributed by atoms with Crippen LogP contribution >= 0.6 is 11.3 Å². The van der Waals surface area contributed by atoms with Gasteiger partial charge in [0.15, 0.2) is 0 Å². The van der Waals surface area contributed by atoms with Gasteiger partial charge in [0, 0.05) is 23.9 Å². The van der Waals surface area contributed by atoms with E-state index in [4.69, 9.17) is 4.74 Å². The van der Waals surface area contributed by atoms with E-state index in [1.54, 1.807) is 11.4 Å². The number of rotatable bonds is 9. The molecule has 0 spiro atoms. The molecule has 0 unspecified atom stereocenters. The molecule has 25 heavy (non-hydrogen) atoms. The van der Waals surface area contributed by atoms with E-state index in [0.29, 0.717) is 38.1 Å². The Morgan fingerprint density at radius 2 is 1.96 bits per heavy atom. The maximum absolute atomic E-state index is 11.8. The van der Waals surface area contributed by atoms with Crippen molar-refractivity contribution in [2.45, 2.75) is 26.7 Å². The smallest absolute Gasteiger partial charge is 0.252 e. The second-order valence-electron chi connectivity index (χ2n) is 5.84. The van der Waals surface area contributed by atoms with Crippen LogP contribution in [-0.4, -0.2) is 31.5 Å². The van der Waals surface area contributed by atoms with Gasteiger partial charge in [-0.05, 0) is 43.3 Å². The van der Waals surface area contributed by atoms with Gasteiger partial charge in [0.05, 0.1) is 6.54 Å². The second kappa shape index (κ2) is 9.84. The molecule has 1 aromatic heterocycles. The van der Waals surface area contributed by atoms with Gasteiger partial charge < -0.3 is 15.4 Å². The minimum atomic E-state index is -0.0940. The van der Waals surface area contributed by atoms with E-state index in [9.17, 15) is 9.59 Å². The zero-order valence-electron chi connectivity index (χ0n) is 14.6. The average Bonchev–Trinajstić information content (AvgIpc) is 3.11. The highest BCUT2D eigenvalue weighted by Crippen LogP contribution is 2.18. The molecular weight excluding hydrogens is 336 g/mol. The fraction of sp³-hybridized carbons (Fsp3) is 0.368. The summed E-state index contributed by atoms with van der Waals surface area (Å²) in [6.45, 7) is 5.43. The molecule has 0 saturated carbocycles. The number of aryl methyl sites for hydroxylation is 2. The van der Waals surface area contributed by atoms with Crippen LogP contribution in [0.5, 0.6) is 5.75 Å². The number of hydrogen-bond acceptors (Lipinski definition) is 4. The number of ether oxygens (including phenoxy) is 1. The van der Waals surface area contributed by atoms with Crippen molar-refractivity contribution in [2.24, 2.45) is 0 Å². The number of hydrogen-bond donors (Lipinski definition) is 2. The summed E-state index contributed by atoms with van der Waals surface area (Å²) in [5.41, 5.74) is 2.95. The molecule has 0 aliphatic rings. The lowest BCUT2D eigenvalue weighted by atomic mass is 10.1. The van der Waals surface area contributed by atoms with Crippen LogP contribution in [0.4, 0.5) is 0 Å². The number of carbonyl (C=O) groups is 2. The third kappa shape index (κ3) is 6.58. The average molecular weight is 360 g/mol. The zero-order valence-corrected chi connectivity index (χ0v) is 15.4. The highest BCUT2D eigenvalue weighted by molar-refractivity contribution is 7.08. The van der Waals surface area contributed by atoms with Gasteiger partial charge >= 0.3 is 0 Å². The Morgan fingerprint density at radius 3 is 2.68 bits per heavy atom. The Balaban J connectivity index is 1.54. The van der Waals surface area contributed by atoms with Crippen LogP contribution < -0.4 is 15.4 Å². The first kappa shape index (κ1) is 19.0. The first-order valence-corrected chi connectivity index (χ1v) is 9.27. The van der Waals surface area contributed by atoms with Crippen molar-refractivity contribution in [1.82, 2.24) is 10.6 Å². The van der Waals surface area contributed by atoms with Gasteiger partial charge in [0.1, 0.15) is 12.4 Å². The predicted octanol–water partition coefficient (Wildman–Crippen LogP) is 3.07. The Kier molecular flexibility index (Phi) is 7.47. The third-order valence-corrected chi connectivity index (χ3v) is 4.35. The van der Waals surface area contributed by atoms with E-state index in [1.165, 1.54) is 16.9 Å². The van der Waals surface area contributed by atoms with E-state index in [1.807, 2.05) is 31.4 Å². The molecule has 0 radical (unpaired) electrons. The second-order valence-corrected chi connectivity index (χ2v) is 6.62. The number of amides is 2. The summed E-state index contributed by atoms with van der Waals surface area (Å²) in [7, 11) is 0. The monoisotopic (exact) mass is 360 g/mol. The van der Waals surface area contributed by atoms with Gasteiger partial charge in [-0.2, -0.15) is 11.3 Å². The maximum Gasteiger partial charge on any atom is 0.252 e. The van der Waals surface area contributed by atoms with Crippen molar-refractivity contribution < 1.29 is 14.3 Å². The molecule has 0 atom stereocenters. The molecule has 6 heteroatoms. The molecule has 1 aromatic carbocycles. The van der Waals surface area contributed by atoms with Crippen LogP contribution in [0.15, 0.2) is 35.0 Å². The van der Waals surface area contributed by atoms with Crippen LogP contribution in [-0.2, 0) is 4.79 Å². The summed E-state index contributed by atoms with van der Waals surface area (Å²) in [5.74, 6) is 0.716. The fourth-order valence-electron chi connectivity index (χ4n) is 2.35. The van der Waals surface area contributed by atoms with Gasteiger partial charge in [0.2, 0.25) is 5.91 Å². The van der Waals surface area contributed by atoms with Gasteiger partial charge in [0.25, 0.3) is 5.91 Å².